The van der Waals surface area contributed by atoms with Crippen molar-refractivity contribution in [3.8, 4) is 23.0 Å². The summed E-state index contributed by atoms with van der Waals surface area (Å²) in [5, 5.41) is 5.26. The van der Waals surface area contributed by atoms with Crippen molar-refractivity contribution in [2.45, 2.75) is 38.9 Å². The highest BCUT2D eigenvalue weighted by molar-refractivity contribution is 5.87. The fourth-order valence-corrected chi connectivity index (χ4v) is 4.63. The number of ether oxygens (including phenoxy) is 10. The predicted molar refractivity (Wildman–Crippen MR) is 220 cm³/mol. The van der Waals surface area contributed by atoms with Crippen molar-refractivity contribution in [3.63, 3.8) is 0 Å². The molecular weight excluding hydrogens is 780 g/mol. The molecule has 3 aromatic carbocycles. The smallest absolute Gasteiger partial charge is 0.407 e. The number of carbonyl (C=O) groups excluding carboxylic acids is 4. The van der Waals surface area contributed by atoms with Gasteiger partial charge in [0.15, 0.2) is 12.2 Å². The second-order valence-corrected chi connectivity index (χ2v) is 13.0. The fourth-order valence-electron chi connectivity index (χ4n) is 4.63. The van der Waals surface area contributed by atoms with E-state index in [1.54, 1.807) is 62.4 Å². The minimum Gasteiger partial charge on any atom is -0.491 e. The Balaban J connectivity index is 1.33. The minimum atomic E-state index is -0.713. The first-order valence-corrected chi connectivity index (χ1v) is 19.5. The van der Waals surface area contributed by atoms with Gasteiger partial charge in [-0.1, -0.05) is 49.6 Å². The van der Waals surface area contributed by atoms with Crippen LogP contribution >= 0.6 is 0 Å². The molecule has 0 bridgehead atoms. The van der Waals surface area contributed by atoms with Crippen LogP contribution in [0.1, 0.15) is 26.7 Å². The van der Waals surface area contributed by atoms with Crippen molar-refractivity contribution in [3.05, 3.63) is 109 Å². The minimum absolute atomic E-state index is 0.0607. The highest BCUT2D eigenvalue weighted by atomic mass is 16.6. The summed E-state index contributed by atoms with van der Waals surface area (Å²) in [6.07, 6.45) is -1.93. The van der Waals surface area contributed by atoms with Gasteiger partial charge in [-0.15, -0.1) is 0 Å². The normalized spacial score (nSPS) is 11.5. The van der Waals surface area contributed by atoms with E-state index in [0.29, 0.717) is 47.0 Å². The number of alkyl carbamates (subject to hydrolysis) is 2. The molecule has 3 rings (SSSR count). The largest absolute Gasteiger partial charge is 0.491 e. The lowest BCUT2D eigenvalue weighted by atomic mass is 10.3. The lowest BCUT2D eigenvalue weighted by Gasteiger charge is -2.19. The van der Waals surface area contributed by atoms with E-state index < -0.39 is 36.3 Å². The molecule has 0 spiro atoms. The first-order valence-electron chi connectivity index (χ1n) is 19.5. The number of benzene rings is 3. The van der Waals surface area contributed by atoms with Gasteiger partial charge in [0.25, 0.3) is 0 Å². The third kappa shape index (κ3) is 22.0. The van der Waals surface area contributed by atoms with Gasteiger partial charge in [-0.05, 0) is 75.2 Å². The van der Waals surface area contributed by atoms with E-state index in [0.717, 1.165) is 0 Å². The molecular formula is C44H56N2O14. The molecule has 0 aliphatic carbocycles. The molecule has 60 heavy (non-hydrogen) atoms. The van der Waals surface area contributed by atoms with Gasteiger partial charge in [0.05, 0.1) is 39.6 Å². The second-order valence-electron chi connectivity index (χ2n) is 13.0. The summed E-state index contributed by atoms with van der Waals surface area (Å²) in [5.41, 5.74) is 0.608. The van der Waals surface area contributed by atoms with Crippen LogP contribution in [0.4, 0.5) is 9.59 Å². The number of hydrogen-bond acceptors (Lipinski definition) is 14. The Labute approximate surface area is 351 Å². The van der Waals surface area contributed by atoms with Gasteiger partial charge in [0.1, 0.15) is 49.4 Å². The number of amides is 2. The van der Waals surface area contributed by atoms with E-state index in [4.69, 9.17) is 47.4 Å². The number of carbonyl (C=O) groups is 4. The Bertz CT molecular complexity index is 1600. The summed E-state index contributed by atoms with van der Waals surface area (Å²) < 4.78 is 55.7. The summed E-state index contributed by atoms with van der Waals surface area (Å²) >= 11 is 0. The number of para-hydroxylation sites is 2. The first kappa shape index (κ1) is 48.1. The third-order valence-corrected chi connectivity index (χ3v) is 7.67. The van der Waals surface area contributed by atoms with Crippen molar-refractivity contribution in [1.29, 1.82) is 0 Å². The lowest BCUT2D eigenvalue weighted by molar-refractivity contribution is -0.139. The molecule has 0 fully saturated rings. The van der Waals surface area contributed by atoms with Crippen LogP contribution in [0.25, 0.3) is 0 Å². The maximum atomic E-state index is 12.4. The maximum Gasteiger partial charge on any atom is 0.407 e. The Morgan fingerprint density at radius 2 is 0.850 bits per heavy atom. The van der Waals surface area contributed by atoms with Crippen LogP contribution < -0.4 is 29.6 Å². The van der Waals surface area contributed by atoms with Crippen molar-refractivity contribution in [2.75, 3.05) is 79.2 Å². The molecule has 16 heteroatoms. The van der Waals surface area contributed by atoms with Crippen molar-refractivity contribution >= 4 is 24.1 Å². The molecule has 16 nitrogen and oxygen atoms in total. The standard InChI is InChI=1S/C44H56N2O14/c1-33(2)41(47)55-23-11-21-45-43(49)59-39(31-57-35-13-7-5-8-14-35)29-51-25-27-53-37-17-19-38(20-18-37)54-28-26-52-30-40(32-58-36-15-9-6-10-16-36)60-44(50)46-22-12-24-56-42(48)34(3)4/h5-10,13-20,39-40H,1,3,11-12,21-32H2,2,4H3,(H,45,49)(H,46,50). The van der Waals surface area contributed by atoms with E-state index in [1.165, 1.54) is 0 Å². The van der Waals surface area contributed by atoms with Crippen LogP contribution in [0.15, 0.2) is 109 Å². The molecule has 0 aliphatic rings. The predicted octanol–water partition coefficient (Wildman–Crippen LogP) is 5.84. The van der Waals surface area contributed by atoms with E-state index in [9.17, 15) is 19.2 Å². The average molecular weight is 837 g/mol. The maximum absolute atomic E-state index is 12.4. The molecule has 0 radical (unpaired) electrons. The van der Waals surface area contributed by atoms with Gasteiger partial charge in [-0.25, -0.2) is 19.2 Å². The Hall–Kier alpha value is -6.26. The number of esters is 2. The van der Waals surface area contributed by atoms with Gasteiger partial charge in [0.2, 0.25) is 0 Å². The van der Waals surface area contributed by atoms with Gasteiger partial charge in [-0.2, -0.15) is 0 Å². The molecule has 0 aliphatic heterocycles. The summed E-state index contributed by atoms with van der Waals surface area (Å²) in [5.74, 6) is 1.47. The summed E-state index contributed by atoms with van der Waals surface area (Å²) in [7, 11) is 0. The van der Waals surface area contributed by atoms with Crippen LogP contribution in [0.5, 0.6) is 23.0 Å². The third-order valence-electron chi connectivity index (χ3n) is 7.67. The molecule has 2 atom stereocenters. The number of hydrogen-bond donors (Lipinski definition) is 2. The topological polar surface area (TPSA) is 185 Å². The Kier molecular flexibility index (Phi) is 23.3. The zero-order valence-corrected chi connectivity index (χ0v) is 34.3. The summed E-state index contributed by atoms with van der Waals surface area (Å²) in [4.78, 5) is 47.8. The zero-order valence-electron chi connectivity index (χ0n) is 34.3. The van der Waals surface area contributed by atoms with Crippen LogP contribution in [0.3, 0.4) is 0 Å². The summed E-state index contributed by atoms with van der Waals surface area (Å²) in [6, 6.07) is 25.3. The monoisotopic (exact) mass is 836 g/mol. The molecule has 0 saturated heterocycles. The van der Waals surface area contributed by atoms with E-state index in [-0.39, 0.29) is 79.2 Å². The fraction of sp³-hybridized carbons (Fsp3) is 0.409. The van der Waals surface area contributed by atoms with Gasteiger partial charge < -0.3 is 58.0 Å². The molecule has 3 aromatic rings. The lowest BCUT2D eigenvalue weighted by Crippen LogP contribution is -2.36. The molecule has 0 saturated carbocycles. The van der Waals surface area contributed by atoms with Gasteiger partial charge >= 0.3 is 24.1 Å². The Morgan fingerprint density at radius 1 is 0.483 bits per heavy atom. The van der Waals surface area contributed by atoms with Crippen LogP contribution in [0.2, 0.25) is 0 Å². The van der Waals surface area contributed by atoms with Gasteiger partial charge in [-0.3, -0.25) is 0 Å². The zero-order chi connectivity index (χ0) is 43.2. The first-order chi connectivity index (χ1) is 29.1. The van der Waals surface area contributed by atoms with E-state index in [2.05, 4.69) is 23.8 Å². The van der Waals surface area contributed by atoms with Crippen molar-refractivity contribution in [2.24, 2.45) is 0 Å². The van der Waals surface area contributed by atoms with Crippen molar-refractivity contribution < 1.29 is 66.5 Å². The second kappa shape index (κ2) is 29.0. The van der Waals surface area contributed by atoms with Crippen LogP contribution in [-0.4, -0.2) is 115 Å². The van der Waals surface area contributed by atoms with Crippen LogP contribution in [0, 0.1) is 0 Å². The molecule has 326 valence electrons. The molecule has 0 aromatic heterocycles. The molecule has 2 unspecified atom stereocenters. The summed E-state index contributed by atoms with van der Waals surface area (Å²) in [6.45, 7) is 12.1. The molecule has 2 N–H and O–H groups in total. The SMILES string of the molecule is C=C(C)C(=O)OCCCNC(=O)OC(COCCOc1ccc(OCCOCC(COc2ccccc2)OC(=O)NCCCOC(=O)C(=C)C)cc1)COc1ccccc1. The van der Waals surface area contributed by atoms with Crippen LogP contribution in [-0.2, 0) is 38.0 Å². The average Bonchev–Trinajstić information content (AvgIpc) is 3.24. The highest BCUT2D eigenvalue weighted by Gasteiger charge is 2.18. The quantitative estimate of drug-likeness (QED) is 0.0353. The number of nitrogens with one attached hydrogen (secondary N) is 2. The molecule has 0 heterocycles. The van der Waals surface area contributed by atoms with Crippen molar-refractivity contribution in [1.82, 2.24) is 10.6 Å². The Morgan fingerprint density at radius 3 is 1.22 bits per heavy atom. The molecule has 2 amide bonds. The van der Waals surface area contributed by atoms with Gasteiger partial charge in [0, 0.05) is 24.2 Å². The van der Waals surface area contributed by atoms with E-state index in [1.807, 2.05) is 36.4 Å². The highest BCUT2D eigenvalue weighted by Crippen LogP contribution is 2.18. The number of rotatable bonds is 30. The van der Waals surface area contributed by atoms with E-state index >= 15 is 0 Å².